The van der Waals surface area contributed by atoms with Crippen LogP contribution in [0.25, 0.3) is 10.0 Å². The monoisotopic (exact) mass is 723 g/mol. The van der Waals surface area contributed by atoms with Crippen molar-refractivity contribution < 1.29 is 9.90 Å². The van der Waals surface area contributed by atoms with Crippen molar-refractivity contribution in [3.05, 3.63) is 46.9 Å². The number of fused-ring (bicyclic) bond motifs is 2. The van der Waals surface area contributed by atoms with Crippen molar-refractivity contribution >= 4 is 99.4 Å². The Balaban J connectivity index is 2.20. The molecule has 2 heterocycles. The summed E-state index contributed by atoms with van der Waals surface area (Å²) in [4.78, 5) is 17.4. The number of carbonyl (C=O) groups excluding carboxylic acids is 1. The summed E-state index contributed by atoms with van der Waals surface area (Å²) in [7, 11) is -2.46. The molecule has 0 bridgehead atoms. The number of phenols is 1. The summed E-state index contributed by atoms with van der Waals surface area (Å²) >= 11 is 9.90. The molecule has 0 fully saturated rings. The van der Waals surface area contributed by atoms with Crippen molar-refractivity contribution in [3.63, 3.8) is 0 Å². The number of aliphatic imine (C=N–C) groups is 1. The van der Waals surface area contributed by atoms with Gasteiger partial charge in [-0.25, -0.2) is 0 Å². The molecule has 1 aromatic heterocycles. The molecule has 2 aromatic rings. The summed E-state index contributed by atoms with van der Waals surface area (Å²) in [5.74, 6) is 0.320. The average Bonchev–Trinajstić information content (AvgIpc) is 2.93. The van der Waals surface area contributed by atoms with Crippen molar-refractivity contribution in [2.75, 3.05) is 0 Å². The Labute approximate surface area is 213 Å². The van der Waals surface area contributed by atoms with Gasteiger partial charge in [0.2, 0.25) is 0 Å². The molecule has 3 nitrogen and oxygen atoms in total. The number of phenolic OH excluding ortho intramolecular Hbond substituents is 1. The topological polar surface area (TPSA) is 49.7 Å². The van der Waals surface area contributed by atoms with Crippen molar-refractivity contribution in [3.8, 4) is 15.8 Å². The third kappa shape index (κ3) is 3.28. The number of ketones is 1. The number of rotatable bonds is 3. The number of halogens is 3. The molecule has 156 valence electrons. The van der Waals surface area contributed by atoms with Crippen molar-refractivity contribution in [2.24, 2.45) is 4.99 Å². The zero-order chi connectivity index (χ0) is 22.0. The number of benzene rings is 1. The summed E-state index contributed by atoms with van der Waals surface area (Å²) in [6.45, 7) is 9.05. The summed E-state index contributed by atoms with van der Waals surface area (Å²) in [5.41, 5.74) is 3.42. The first kappa shape index (κ1) is 22.9. The summed E-state index contributed by atoms with van der Waals surface area (Å²) in [6.07, 6.45) is 5.29. The van der Waals surface area contributed by atoms with E-state index in [0.29, 0.717) is 16.8 Å². The SMILES string of the molecule is CC(C)[Si]1(C(C)C)C2=CC(=O)C=CC2=Nc2ccc(O)c(-c3[se]c(Br)c(I)c3Br)c21. The predicted octanol–water partition coefficient (Wildman–Crippen LogP) is 6.41. The summed E-state index contributed by atoms with van der Waals surface area (Å²) < 4.78 is 4.50. The molecular formula is C22H20Br2INO2SeSi. The minimum absolute atomic E-state index is 0.0247. The van der Waals surface area contributed by atoms with E-state index < -0.39 is 8.07 Å². The fourth-order valence-corrected chi connectivity index (χ4v) is 16.8. The molecule has 0 saturated carbocycles. The van der Waals surface area contributed by atoms with Crippen LogP contribution in [0.4, 0.5) is 5.69 Å². The van der Waals surface area contributed by atoms with Gasteiger partial charge in [-0.3, -0.25) is 0 Å². The number of carbonyl (C=O) groups is 1. The molecule has 0 atom stereocenters. The molecule has 1 aliphatic carbocycles. The minimum atomic E-state index is -2.46. The summed E-state index contributed by atoms with van der Waals surface area (Å²) in [6, 6.07) is 3.71. The fourth-order valence-electron chi connectivity index (χ4n) is 4.92. The Bertz CT molecular complexity index is 1170. The first-order valence-corrected chi connectivity index (χ1v) is 16.2. The zero-order valence-corrected chi connectivity index (χ0v) is 24.9. The number of hydrogen-bond acceptors (Lipinski definition) is 3. The van der Waals surface area contributed by atoms with E-state index in [1.54, 1.807) is 12.1 Å². The van der Waals surface area contributed by atoms with E-state index in [1.807, 2.05) is 18.2 Å². The molecule has 0 unspecified atom stereocenters. The molecule has 8 heteroatoms. The molecule has 0 spiro atoms. The summed E-state index contributed by atoms with van der Waals surface area (Å²) in [5, 5.41) is 13.4. The molecule has 2 aliphatic rings. The molecule has 1 aliphatic heterocycles. The van der Waals surface area contributed by atoms with Crippen LogP contribution in [-0.4, -0.2) is 39.2 Å². The molecule has 0 saturated heterocycles. The second kappa shape index (κ2) is 8.26. The third-order valence-corrected chi connectivity index (χ3v) is 20.4. The van der Waals surface area contributed by atoms with Gasteiger partial charge in [0.1, 0.15) is 0 Å². The molecule has 4 rings (SSSR count). The Kier molecular flexibility index (Phi) is 6.32. The third-order valence-electron chi connectivity index (χ3n) is 6.03. The van der Waals surface area contributed by atoms with E-state index in [-0.39, 0.29) is 20.3 Å². The van der Waals surface area contributed by atoms with E-state index in [1.165, 1.54) is 8.53 Å². The van der Waals surface area contributed by atoms with E-state index in [9.17, 15) is 9.90 Å². The maximum absolute atomic E-state index is 12.4. The molecule has 1 aromatic carbocycles. The van der Waals surface area contributed by atoms with Gasteiger partial charge in [-0.2, -0.15) is 0 Å². The van der Waals surface area contributed by atoms with Gasteiger partial charge < -0.3 is 0 Å². The van der Waals surface area contributed by atoms with Crippen LogP contribution in [0.5, 0.6) is 5.75 Å². The van der Waals surface area contributed by atoms with Gasteiger partial charge in [0.05, 0.1) is 0 Å². The van der Waals surface area contributed by atoms with Gasteiger partial charge in [0.15, 0.2) is 0 Å². The quantitative estimate of drug-likeness (QED) is 0.226. The number of aromatic hydroxyl groups is 1. The van der Waals surface area contributed by atoms with Crippen LogP contribution in [0.15, 0.2) is 48.4 Å². The van der Waals surface area contributed by atoms with E-state index in [4.69, 9.17) is 4.99 Å². The number of hydrogen-bond donors (Lipinski definition) is 1. The fraction of sp³-hybridized carbons (Fsp3) is 0.273. The van der Waals surface area contributed by atoms with Gasteiger partial charge >= 0.3 is 216 Å². The van der Waals surface area contributed by atoms with Crippen molar-refractivity contribution in [1.82, 2.24) is 0 Å². The van der Waals surface area contributed by atoms with Crippen LogP contribution in [0, 0.1) is 3.57 Å². The Morgan fingerprint density at radius 3 is 2.37 bits per heavy atom. The second-order valence-electron chi connectivity index (χ2n) is 8.16. The Morgan fingerprint density at radius 1 is 1.13 bits per heavy atom. The van der Waals surface area contributed by atoms with Crippen LogP contribution >= 0.6 is 54.5 Å². The Hall–Kier alpha value is -0.254. The van der Waals surface area contributed by atoms with Crippen molar-refractivity contribution in [1.29, 1.82) is 0 Å². The van der Waals surface area contributed by atoms with Crippen LogP contribution < -0.4 is 5.19 Å². The van der Waals surface area contributed by atoms with Crippen LogP contribution in [0.1, 0.15) is 27.7 Å². The molecule has 30 heavy (non-hydrogen) atoms. The molecule has 0 radical (unpaired) electrons. The van der Waals surface area contributed by atoms with Crippen molar-refractivity contribution in [2.45, 2.75) is 38.8 Å². The number of allylic oxidation sites excluding steroid dienone is 4. The first-order chi connectivity index (χ1) is 14.1. The second-order valence-corrected chi connectivity index (χ2v) is 19.2. The van der Waals surface area contributed by atoms with E-state index in [2.05, 4.69) is 82.1 Å². The normalized spacial score (nSPS) is 17.2. The average molecular weight is 724 g/mol. The van der Waals surface area contributed by atoms with Gasteiger partial charge in [0, 0.05) is 0 Å². The van der Waals surface area contributed by atoms with Crippen LogP contribution in [0.2, 0.25) is 11.1 Å². The first-order valence-electron chi connectivity index (χ1n) is 9.64. The number of nitrogens with zero attached hydrogens (tertiary/aromatic N) is 1. The van der Waals surface area contributed by atoms with E-state index >= 15 is 0 Å². The predicted molar refractivity (Wildman–Crippen MR) is 144 cm³/mol. The zero-order valence-electron chi connectivity index (χ0n) is 16.9. The van der Waals surface area contributed by atoms with Gasteiger partial charge in [-0.15, -0.1) is 0 Å². The molecular weight excluding hydrogens is 704 g/mol. The van der Waals surface area contributed by atoms with Gasteiger partial charge in [-0.05, 0) is 0 Å². The standard InChI is InChI=1S/C22H20Br2INO2SeSi/c1-10(2)30(11(3)4)16-9-12(27)5-6-13(16)26-14-7-8-15(28)17(21(14)30)20-18(23)19(25)22(24)29-20/h5-11,28H,1-4H3. The van der Waals surface area contributed by atoms with Crippen LogP contribution in [-0.2, 0) is 4.79 Å². The van der Waals surface area contributed by atoms with Gasteiger partial charge in [-0.1, -0.05) is 0 Å². The van der Waals surface area contributed by atoms with Gasteiger partial charge in [0.25, 0.3) is 0 Å². The van der Waals surface area contributed by atoms with Crippen LogP contribution in [0.3, 0.4) is 0 Å². The Morgan fingerprint density at radius 2 is 1.80 bits per heavy atom. The van der Waals surface area contributed by atoms with E-state index in [0.717, 1.165) is 34.6 Å². The molecule has 1 N–H and O–H groups in total. The molecule has 0 amide bonds. The maximum atomic E-state index is 12.4.